The first-order valence-electron chi connectivity index (χ1n) is 7.09. The van der Waals surface area contributed by atoms with Crippen LogP contribution in [0.3, 0.4) is 0 Å². The van der Waals surface area contributed by atoms with Crippen LogP contribution in [0.5, 0.6) is 5.75 Å². The molecular weight excluding hydrogens is 271 g/mol. The normalized spacial score (nSPS) is 22.6. The van der Waals surface area contributed by atoms with Crippen molar-refractivity contribution < 1.29 is 9.13 Å². The summed E-state index contributed by atoms with van der Waals surface area (Å²) in [6, 6.07) is 4.12. The molecule has 0 aliphatic carbocycles. The molecule has 1 N–H and O–H groups in total. The van der Waals surface area contributed by atoms with Gasteiger partial charge >= 0.3 is 0 Å². The number of nitrogens with zero attached hydrogens (tertiary/aromatic N) is 3. The monoisotopic (exact) mass is 290 g/mol. The number of fused-ring (bicyclic) bond motifs is 1. The highest BCUT2D eigenvalue weighted by Crippen LogP contribution is 2.31. The van der Waals surface area contributed by atoms with Crippen LogP contribution < -0.4 is 15.0 Å². The molecule has 0 bridgehead atoms. The van der Waals surface area contributed by atoms with Crippen LogP contribution in [0.1, 0.15) is 13.8 Å². The number of methoxy groups -OCH3 is 1. The lowest BCUT2D eigenvalue weighted by molar-refractivity contribution is 0.388. The van der Waals surface area contributed by atoms with Crippen LogP contribution in [0.25, 0.3) is 10.9 Å². The predicted octanol–water partition coefficient (Wildman–Crippen LogP) is 1.96. The van der Waals surface area contributed by atoms with Crippen molar-refractivity contribution in [3.05, 3.63) is 24.3 Å². The first kappa shape index (κ1) is 14.0. The van der Waals surface area contributed by atoms with Crippen LogP contribution in [0.2, 0.25) is 0 Å². The molecule has 1 fully saturated rings. The number of benzene rings is 1. The number of ether oxygens (including phenoxy) is 1. The fourth-order valence-electron chi connectivity index (χ4n) is 2.77. The zero-order chi connectivity index (χ0) is 15.0. The maximum Gasteiger partial charge on any atom is 0.191 e. The second-order valence-electron chi connectivity index (χ2n) is 5.49. The SMILES string of the molecule is COc1ccc2c(N3CC(C)NCC3C)ncnc2c1F. The van der Waals surface area contributed by atoms with Gasteiger partial charge in [-0.25, -0.2) is 14.4 Å². The molecule has 1 aromatic carbocycles. The first-order chi connectivity index (χ1) is 10.1. The third kappa shape index (κ3) is 2.40. The Balaban J connectivity index is 2.12. The molecule has 2 heterocycles. The number of nitrogens with one attached hydrogen (secondary N) is 1. The summed E-state index contributed by atoms with van der Waals surface area (Å²) in [5.74, 6) is 0.547. The molecule has 0 amide bonds. The van der Waals surface area contributed by atoms with E-state index in [4.69, 9.17) is 4.74 Å². The minimum Gasteiger partial charge on any atom is -0.494 e. The van der Waals surface area contributed by atoms with Gasteiger partial charge in [0.05, 0.1) is 7.11 Å². The van der Waals surface area contributed by atoms with E-state index in [0.717, 1.165) is 24.3 Å². The standard InChI is InChI=1S/C15H19FN4O/c1-9-7-20(10(2)6-17-9)15-11-4-5-12(21-3)13(16)14(11)18-8-19-15/h4-5,8-10,17H,6-7H2,1-3H3. The molecule has 1 saturated heterocycles. The molecule has 0 saturated carbocycles. The van der Waals surface area contributed by atoms with E-state index in [-0.39, 0.29) is 5.75 Å². The fraction of sp³-hybridized carbons (Fsp3) is 0.467. The van der Waals surface area contributed by atoms with Gasteiger partial charge in [-0.05, 0) is 26.0 Å². The van der Waals surface area contributed by atoms with E-state index in [1.54, 1.807) is 6.07 Å². The number of rotatable bonds is 2. The molecule has 112 valence electrons. The zero-order valence-electron chi connectivity index (χ0n) is 12.4. The molecule has 1 aromatic heterocycles. The molecule has 2 atom stereocenters. The van der Waals surface area contributed by atoms with Crippen LogP contribution in [-0.2, 0) is 0 Å². The van der Waals surface area contributed by atoms with E-state index in [1.165, 1.54) is 13.4 Å². The second-order valence-corrected chi connectivity index (χ2v) is 5.49. The summed E-state index contributed by atoms with van der Waals surface area (Å²) in [7, 11) is 1.45. The van der Waals surface area contributed by atoms with Gasteiger partial charge in [0, 0.05) is 30.6 Å². The smallest absolute Gasteiger partial charge is 0.191 e. The molecule has 0 radical (unpaired) electrons. The van der Waals surface area contributed by atoms with Gasteiger partial charge in [0.1, 0.15) is 17.7 Å². The maximum atomic E-state index is 14.3. The van der Waals surface area contributed by atoms with Crippen molar-refractivity contribution in [2.24, 2.45) is 0 Å². The molecule has 2 unspecified atom stereocenters. The Morgan fingerprint density at radius 3 is 2.90 bits per heavy atom. The zero-order valence-corrected chi connectivity index (χ0v) is 12.4. The fourth-order valence-corrected chi connectivity index (χ4v) is 2.77. The Morgan fingerprint density at radius 2 is 2.14 bits per heavy atom. The van der Waals surface area contributed by atoms with Gasteiger partial charge in [0.25, 0.3) is 0 Å². The van der Waals surface area contributed by atoms with Gasteiger partial charge in [-0.15, -0.1) is 0 Å². The van der Waals surface area contributed by atoms with E-state index >= 15 is 0 Å². The third-order valence-corrected chi connectivity index (χ3v) is 3.94. The van der Waals surface area contributed by atoms with Crippen molar-refractivity contribution in [1.29, 1.82) is 0 Å². The highest BCUT2D eigenvalue weighted by Gasteiger charge is 2.25. The van der Waals surface area contributed by atoms with Gasteiger partial charge in [-0.1, -0.05) is 0 Å². The highest BCUT2D eigenvalue weighted by atomic mass is 19.1. The Labute approximate surface area is 123 Å². The summed E-state index contributed by atoms with van der Waals surface area (Å²) in [6.07, 6.45) is 1.42. The summed E-state index contributed by atoms with van der Waals surface area (Å²) in [5, 5.41) is 4.15. The van der Waals surface area contributed by atoms with E-state index in [9.17, 15) is 4.39 Å². The van der Waals surface area contributed by atoms with Gasteiger partial charge in [0.15, 0.2) is 11.6 Å². The van der Waals surface area contributed by atoms with Crippen molar-refractivity contribution in [1.82, 2.24) is 15.3 Å². The lowest BCUT2D eigenvalue weighted by atomic mass is 10.1. The molecule has 21 heavy (non-hydrogen) atoms. The Bertz CT molecular complexity index is 663. The number of hydrogen-bond acceptors (Lipinski definition) is 5. The summed E-state index contributed by atoms with van der Waals surface area (Å²) in [6.45, 7) is 5.98. The van der Waals surface area contributed by atoms with Crippen LogP contribution in [-0.4, -0.2) is 42.3 Å². The number of aromatic nitrogens is 2. The minimum absolute atomic E-state index is 0.203. The lowest BCUT2D eigenvalue weighted by Crippen LogP contribution is -2.54. The van der Waals surface area contributed by atoms with E-state index in [0.29, 0.717) is 17.6 Å². The van der Waals surface area contributed by atoms with Crippen molar-refractivity contribution in [3.63, 3.8) is 0 Å². The molecule has 1 aliphatic heterocycles. The predicted molar refractivity (Wildman–Crippen MR) is 80.3 cm³/mol. The number of anilines is 1. The third-order valence-electron chi connectivity index (χ3n) is 3.94. The molecule has 2 aromatic rings. The van der Waals surface area contributed by atoms with Crippen LogP contribution in [0, 0.1) is 5.82 Å². The largest absolute Gasteiger partial charge is 0.494 e. The van der Waals surface area contributed by atoms with Gasteiger partial charge < -0.3 is 15.0 Å². The van der Waals surface area contributed by atoms with Crippen LogP contribution >= 0.6 is 0 Å². The highest BCUT2D eigenvalue weighted by molar-refractivity contribution is 5.91. The van der Waals surface area contributed by atoms with Gasteiger partial charge in [-0.3, -0.25) is 0 Å². The van der Waals surface area contributed by atoms with Crippen molar-refractivity contribution in [2.75, 3.05) is 25.1 Å². The molecular formula is C15H19FN4O. The Morgan fingerprint density at radius 1 is 1.33 bits per heavy atom. The molecule has 3 rings (SSSR count). The number of hydrogen-bond donors (Lipinski definition) is 1. The maximum absolute atomic E-state index is 14.3. The average molecular weight is 290 g/mol. The average Bonchev–Trinajstić information content (AvgIpc) is 2.50. The van der Waals surface area contributed by atoms with Gasteiger partial charge in [0.2, 0.25) is 0 Å². The Kier molecular flexibility index (Phi) is 3.63. The van der Waals surface area contributed by atoms with Crippen LogP contribution in [0.15, 0.2) is 18.5 Å². The molecule has 0 spiro atoms. The van der Waals surface area contributed by atoms with Crippen molar-refractivity contribution in [2.45, 2.75) is 25.9 Å². The first-order valence-corrected chi connectivity index (χ1v) is 7.09. The number of halogens is 1. The quantitative estimate of drug-likeness (QED) is 0.916. The van der Waals surface area contributed by atoms with E-state index < -0.39 is 5.82 Å². The minimum atomic E-state index is -0.436. The van der Waals surface area contributed by atoms with E-state index in [1.807, 2.05) is 6.07 Å². The summed E-state index contributed by atoms with van der Waals surface area (Å²) < 4.78 is 19.4. The molecule has 1 aliphatic rings. The lowest BCUT2D eigenvalue weighted by Gasteiger charge is -2.38. The summed E-state index contributed by atoms with van der Waals surface area (Å²) in [4.78, 5) is 10.7. The van der Waals surface area contributed by atoms with E-state index in [2.05, 4.69) is 34.0 Å². The van der Waals surface area contributed by atoms with Crippen LogP contribution in [0.4, 0.5) is 10.2 Å². The second kappa shape index (κ2) is 5.44. The van der Waals surface area contributed by atoms with Crippen molar-refractivity contribution in [3.8, 4) is 5.75 Å². The Hall–Kier alpha value is -1.95. The summed E-state index contributed by atoms with van der Waals surface area (Å²) in [5.41, 5.74) is 0.303. The topological polar surface area (TPSA) is 50.3 Å². The van der Waals surface area contributed by atoms with Gasteiger partial charge in [-0.2, -0.15) is 0 Å². The summed E-state index contributed by atoms with van der Waals surface area (Å²) >= 11 is 0. The number of piperazine rings is 1. The molecule has 6 heteroatoms. The van der Waals surface area contributed by atoms with Crippen molar-refractivity contribution >= 4 is 16.7 Å². The molecule has 5 nitrogen and oxygen atoms in total.